The molecule has 1 fully saturated rings. The predicted octanol–water partition coefficient (Wildman–Crippen LogP) is 5.08. The number of aromatic nitrogens is 1. The number of likely N-dealkylation sites (N-methyl/N-ethyl adjacent to an activating group) is 1. The maximum absolute atomic E-state index is 13.2. The van der Waals surface area contributed by atoms with Crippen LogP contribution in [0, 0.1) is 5.82 Å². The number of carbonyl (C=O) groups excluding carboxylic acids is 1. The number of oxazole rings is 1. The summed E-state index contributed by atoms with van der Waals surface area (Å²) in [7, 11) is 1.96. The van der Waals surface area contributed by atoms with E-state index in [1.165, 1.54) is 12.1 Å². The highest BCUT2D eigenvalue weighted by atomic mass is 35.5. The van der Waals surface area contributed by atoms with Gasteiger partial charge >= 0.3 is 0 Å². The monoisotopic (exact) mass is 510 g/mol. The molecule has 0 unspecified atom stereocenters. The molecule has 1 saturated heterocycles. The molecule has 5 rings (SSSR count). The third kappa shape index (κ3) is 6.02. The average Bonchev–Trinajstić information content (AvgIpc) is 3.32. The first-order valence-corrected chi connectivity index (χ1v) is 11.6. The molecule has 1 N–H and O–H groups in total. The molecule has 9 heteroatoms. The normalized spacial score (nSPS) is 13.8. The van der Waals surface area contributed by atoms with Crippen LogP contribution in [0.5, 0.6) is 0 Å². The number of carbonyl (C=O) groups is 1. The SMILES string of the molecule is CN(CCN1CCOCC1)c1nc2cc(NC(=O)c3ccc(-c4ccc(F)cc4)cc3)ccc2o1.Cl. The highest BCUT2D eigenvalue weighted by Gasteiger charge is 2.15. The van der Waals surface area contributed by atoms with Gasteiger partial charge in [-0.1, -0.05) is 24.3 Å². The molecule has 0 aliphatic carbocycles. The molecule has 3 aromatic carbocycles. The second-order valence-corrected chi connectivity index (χ2v) is 8.59. The van der Waals surface area contributed by atoms with Gasteiger partial charge in [0.15, 0.2) is 5.58 Å². The summed E-state index contributed by atoms with van der Waals surface area (Å²) in [6, 6.07) is 19.4. The first kappa shape index (κ1) is 25.6. The summed E-state index contributed by atoms with van der Waals surface area (Å²) in [5, 5.41) is 2.92. The Kier molecular flexibility index (Phi) is 8.20. The van der Waals surface area contributed by atoms with Gasteiger partial charge in [0.05, 0.1) is 13.2 Å². The molecule has 0 radical (unpaired) electrons. The van der Waals surface area contributed by atoms with E-state index in [4.69, 9.17) is 9.15 Å². The second-order valence-electron chi connectivity index (χ2n) is 8.59. The molecule has 1 aliphatic rings. The van der Waals surface area contributed by atoms with Crippen molar-refractivity contribution in [1.82, 2.24) is 9.88 Å². The van der Waals surface area contributed by atoms with Crippen molar-refractivity contribution >= 4 is 41.1 Å². The predicted molar refractivity (Wildman–Crippen MR) is 142 cm³/mol. The Morgan fingerprint density at radius 1 is 1.03 bits per heavy atom. The minimum atomic E-state index is -0.277. The quantitative estimate of drug-likeness (QED) is 0.374. The van der Waals surface area contributed by atoms with Gasteiger partial charge in [-0.15, -0.1) is 12.4 Å². The van der Waals surface area contributed by atoms with Crippen molar-refractivity contribution in [3.8, 4) is 11.1 Å². The summed E-state index contributed by atoms with van der Waals surface area (Å²) >= 11 is 0. The lowest BCUT2D eigenvalue weighted by Crippen LogP contribution is -2.40. The Bertz CT molecular complexity index is 1310. The fraction of sp³-hybridized carbons (Fsp3) is 0.259. The Balaban J connectivity index is 0.00000304. The van der Waals surface area contributed by atoms with E-state index in [-0.39, 0.29) is 24.1 Å². The van der Waals surface area contributed by atoms with Gasteiger partial charge in [0.2, 0.25) is 0 Å². The number of hydrogen-bond acceptors (Lipinski definition) is 6. The number of rotatable bonds is 7. The van der Waals surface area contributed by atoms with E-state index >= 15 is 0 Å². The molecule has 1 aliphatic heterocycles. The maximum Gasteiger partial charge on any atom is 0.298 e. The summed E-state index contributed by atoms with van der Waals surface area (Å²) in [4.78, 5) is 21.7. The van der Waals surface area contributed by atoms with Crippen LogP contribution in [0.25, 0.3) is 22.2 Å². The van der Waals surface area contributed by atoms with Crippen molar-refractivity contribution in [2.24, 2.45) is 0 Å². The Labute approximate surface area is 215 Å². The molecule has 7 nitrogen and oxygen atoms in total. The Morgan fingerprint density at radius 3 is 2.39 bits per heavy atom. The third-order valence-electron chi connectivity index (χ3n) is 6.14. The van der Waals surface area contributed by atoms with E-state index in [2.05, 4.69) is 15.2 Å². The van der Waals surface area contributed by atoms with E-state index < -0.39 is 0 Å². The zero-order valence-electron chi connectivity index (χ0n) is 19.9. The average molecular weight is 511 g/mol. The lowest BCUT2D eigenvalue weighted by molar-refractivity contribution is 0.0392. The van der Waals surface area contributed by atoms with Gasteiger partial charge in [-0.3, -0.25) is 9.69 Å². The molecule has 4 aromatic rings. The van der Waals surface area contributed by atoms with Gasteiger partial charge in [-0.05, 0) is 53.6 Å². The van der Waals surface area contributed by atoms with Gasteiger partial charge in [-0.2, -0.15) is 4.98 Å². The van der Waals surface area contributed by atoms with Crippen LogP contribution in [0.3, 0.4) is 0 Å². The van der Waals surface area contributed by atoms with Crippen LogP contribution in [-0.4, -0.2) is 62.2 Å². The largest absolute Gasteiger partial charge is 0.423 e. The minimum Gasteiger partial charge on any atom is -0.423 e. The number of amides is 1. The molecule has 2 heterocycles. The standard InChI is InChI=1S/C27H27FN4O3.ClH/c1-31(12-13-32-14-16-34-17-15-32)27-30-24-18-23(10-11-25(24)35-27)29-26(33)21-4-2-19(3-5-21)20-6-8-22(28)9-7-20;/h2-11,18H,12-17H2,1H3,(H,29,33);1H. The van der Waals surface area contributed by atoms with Gasteiger partial charge in [0.1, 0.15) is 11.3 Å². The molecule has 0 atom stereocenters. The van der Waals surface area contributed by atoms with Gasteiger partial charge in [0, 0.05) is 44.5 Å². The van der Waals surface area contributed by atoms with E-state index in [9.17, 15) is 9.18 Å². The number of anilines is 2. The minimum absolute atomic E-state index is 0. The topological polar surface area (TPSA) is 70.8 Å². The molecule has 1 aromatic heterocycles. The lowest BCUT2D eigenvalue weighted by atomic mass is 10.0. The zero-order chi connectivity index (χ0) is 24.2. The molecular weight excluding hydrogens is 483 g/mol. The van der Waals surface area contributed by atoms with Crippen LogP contribution in [0.4, 0.5) is 16.1 Å². The fourth-order valence-corrected chi connectivity index (χ4v) is 4.03. The molecule has 36 heavy (non-hydrogen) atoms. The fourth-order valence-electron chi connectivity index (χ4n) is 4.03. The lowest BCUT2D eigenvalue weighted by Gasteiger charge is -2.28. The first-order chi connectivity index (χ1) is 17.0. The van der Waals surface area contributed by atoms with Gasteiger partial charge in [-0.25, -0.2) is 4.39 Å². The van der Waals surface area contributed by atoms with Crippen LogP contribution < -0.4 is 10.2 Å². The maximum atomic E-state index is 13.2. The van der Waals surface area contributed by atoms with Crippen molar-refractivity contribution in [1.29, 1.82) is 0 Å². The molecule has 0 bridgehead atoms. The molecule has 0 spiro atoms. The summed E-state index contributed by atoms with van der Waals surface area (Å²) in [5.74, 6) is -0.498. The number of nitrogens with one attached hydrogen (secondary N) is 1. The van der Waals surface area contributed by atoms with Crippen molar-refractivity contribution in [2.45, 2.75) is 0 Å². The van der Waals surface area contributed by atoms with Gasteiger partial charge in [0.25, 0.3) is 11.9 Å². The summed E-state index contributed by atoms with van der Waals surface area (Å²) < 4.78 is 24.5. The molecule has 0 saturated carbocycles. The van der Waals surface area contributed by atoms with E-state index in [1.54, 1.807) is 30.3 Å². The number of hydrogen-bond donors (Lipinski definition) is 1. The van der Waals surface area contributed by atoms with Crippen molar-refractivity contribution in [3.63, 3.8) is 0 Å². The van der Waals surface area contributed by atoms with Crippen molar-refractivity contribution in [2.75, 3.05) is 56.7 Å². The summed E-state index contributed by atoms with van der Waals surface area (Å²) in [6.45, 7) is 5.15. The number of morpholine rings is 1. The number of benzene rings is 3. The number of fused-ring (bicyclic) bond motifs is 1. The van der Waals surface area contributed by atoms with Crippen LogP contribution in [-0.2, 0) is 4.74 Å². The summed E-state index contributed by atoms with van der Waals surface area (Å²) in [6.07, 6.45) is 0. The summed E-state index contributed by atoms with van der Waals surface area (Å²) in [5.41, 5.74) is 4.32. The van der Waals surface area contributed by atoms with E-state index in [0.29, 0.717) is 28.4 Å². The van der Waals surface area contributed by atoms with Crippen molar-refractivity contribution in [3.05, 3.63) is 78.1 Å². The third-order valence-corrected chi connectivity index (χ3v) is 6.14. The smallest absolute Gasteiger partial charge is 0.298 e. The van der Waals surface area contributed by atoms with Crippen molar-refractivity contribution < 1.29 is 18.3 Å². The highest BCUT2D eigenvalue weighted by Crippen LogP contribution is 2.25. The molecule has 188 valence electrons. The Morgan fingerprint density at radius 2 is 1.69 bits per heavy atom. The number of halogens is 2. The van der Waals surface area contributed by atoms with Crippen LogP contribution in [0.1, 0.15) is 10.4 Å². The Hall–Kier alpha value is -3.46. The van der Waals surface area contributed by atoms with E-state index in [0.717, 1.165) is 50.5 Å². The highest BCUT2D eigenvalue weighted by molar-refractivity contribution is 6.05. The van der Waals surface area contributed by atoms with Crippen LogP contribution >= 0.6 is 12.4 Å². The van der Waals surface area contributed by atoms with Crippen LogP contribution in [0.2, 0.25) is 0 Å². The van der Waals surface area contributed by atoms with Gasteiger partial charge < -0.3 is 19.4 Å². The van der Waals surface area contributed by atoms with E-state index in [1.807, 2.05) is 36.2 Å². The van der Waals surface area contributed by atoms with Crippen LogP contribution in [0.15, 0.2) is 71.1 Å². The zero-order valence-corrected chi connectivity index (χ0v) is 20.8. The first-order valence-electron chi connectivity index (χ1n) is 11.6. The number of ether oxygens (including phenoxy) is 1. The second kappa shape index (κ2) is 11.5. The molecule has 1 amide bonds. The number of nitrogens with zero attached hydrogens (tertiary/aromatic N) is 3. The molecular formula is C27H28ClFN4O3.